The minimum Gasteiger partial charge on any atom is -0.326 e. The second kappa shape index (κ2) is 5.27. The number of hydrogen-bond donors (Lipinski definition) is 1. The molecule has 0 fully saturated rings. The van der Waals surface area contributed by atoms with E-state index < -0.39 is 17.6 Å². The smallest absolute Gasteiger partial charge is 0.326 e. The maximum Gasteiger partial charge on any atom is 0.416 e. The van der Waals surface area contributed by atoms with Gasteiger partial charge in [0.2, 0.25) is 5.91 Å². The van der Waals surface area contributed by atoms with E-state index in [0.717, 1.165) is 12.1 Å². The van der Waals surface area contributed by atoms with Crippen LogP contribution in [0.3, 0.4) is 0 Å². The van der Waals surface area contributed by atoms with Gasteiger partial charge in [0.1, 0.15) is 0 Å². The molecule has 2 rings (SSSR count). The van der Waals surface area contributed by atoms with Crippen LogP contribution in [0.25, 0.3) is 0 Å². The molecule has 6 nitrogen and oxygen atoms in total. The first kappa shape index (κ1) is 14.0. The van der Waals surface area contributed by atoms with Crippen molar-refractivity contribution in [2.24, 2.45) is 7.05 Å². The topological polar surface area (TPSA) is 72.7 Å². The number of aromatic nitrogens is 4. The predicted molar refractivity (Wildman–Crippen MR) is 62.6 cm³/mol. The zero-order chi connectivity index (χ0) is 14.8. The van der Waals surface area contributed by atoms with E-state index in [1.807, 2.05) is 0 Å². The van der Waals surface area contributed by atoms with Gasteiger partial charge < -0.3 is 5.32 Å². The van der Waals surface area contributed by atoms with Gasteiger partial charge in [0.25, 0.3) is 0 Å². The third kappa shape index (κ3) is 3.31. The molecule has 1 aromatic heterocycles. The molecule has 106 valence electrons. The molecule has 0 bridgehead atoms. The Kier molecular flexibility index (Phi) is 3.68. The summed E-state index contributed by atoms with van der Waals surface area (Å²) in [6.07, 6.45) is -4.58. The molecule has 1 heterocycles. The van der Waals surface area contributed by atoms with Crippen LogP contribution in [-0.4, -0.2) is 26.1 Å². The van der Waals surface area contributed by atoms with Gasteiger partial charge in [-0.25, -0.2) is 4.68 Å². The molecule has 0 saturated heterocycles. The van der Waals surface area contributed by atoms with E-state index >= 15 is 0 Å². The number of nitrogens with zero attached hydrogens (tertiary/aromatic N) is 4. The number of halogens is 3. The predicted octanol–water partition coefficient (Wildman–Crippen LogP) is 1.41. The standard InChI is InChI=1S/C11H10F3N5O/c1-19-9(16-17-18-19)6-10(20)15-8-4-2-3-7(5-8)11(12,13)14/h2-5H,6H2,1H3,(H,15,20). The Morgan fingerprint density at radius 1 is 1.40 bits per heavy atom. The van der Waals surface area contributed by atoms with Gasteiger partial charge in [0.05, 0.1) is 12.0 Å². The van der Waals surface area contributed by atoms with Crippen molar-refractivity contribution in [1.29, 1.82) is 0 Å². The number of tetrazole rings is 1. The normalized spacial score (nSPS) is 11.4. The van der Waals surface area contributed by atoms with Crippen molar-refractivity contribution < 1.29 is 18.0 Å². The van der Waals surface area contributed by atoms with Crippen LogP contribution >= 0.6 is 0 Å². The number of benzene rings is 1. The molecule has 0 unspecified atom stereocenters. The molecule has 0 aliphatic carbocycles. The van der Waals surface area contributed by atoms with E-state index in [2.05, 4.69) is 20.8 Å². The quantitative estimate of drug-likeness (QED) is 0.925. The highest BCUT2D eigenvalue weighted by Gasteiger charge is 2.30. The zero-order valence-electron chi connectivity index (χ0n) is 10.3. The molecule has 0 saturated carbocycles. The molecular formula is C11H10F3N5O. The lowest BCUT2D eigenvalue weighted by Crippen LogP contribution is -2.17. The maximum absolute atomic E-state index is 12.5. The van der Waals surface area contributed by atoms with Crippen LogP contribution in [0.1, 0.15) is 11.4 Å². The van der Waals surface area contributed by atoms with E-state index in [1.165, 1.54) is 16.8 Å². The average molecular weight is 285 g/mol. The van der Waals surface area contributed by atoms with Gasteiger partial charge >= 0.3 is 6.18 Å². The highest BCUT2D eigenvalue weighted by Crippen LogP contribution is 2.30. The third-order valence-corrected chi connectivity index (χ3v) is 2.50. The van der Waals surface area contributed by atoms with E-state index in [1.54, 1.807) is 7.05 Å². The molecule has 1 aromatic carbocycles. The lowest BCUT2D eigenvalue weighted by molar-refractivity contribution is -0.137. The number of carbonyl (C=O) groups excluding carboxylic acids is 1. The molecule has 1 amide bonds. The Hall–Kier alpha value is -2.45. The van der Waals surface area contributed by atoms with E-state index in [4.69, 9.17) is 0 Å². The lowest BCUT2D eigenvalue weighted by Gasteiger charge is -2.09. The van der Waals surface area contributed by atoms with Crippen LogP contribution in [-0.2, 0) is 24.4 Å². The molecule has 0 atom stereocenters. The van der Waals surface area contributed by atoms with Crippen molar-refractivity contribution in [2.75, 3.05) is 5.32 Å². The monoisotopic (exact) mass is 285 g/mol. The summed E-state index contributed by atoms with van der Waals surface area (Å²) in [6.45, 7) is 0. The molecule has 0 radical (unpaired) electrons. The molecule has 9 heteroatoms. The molecule has 0 aliphatic heterocycles. The van der Waals surface area contributed by atoms with Crippen molar-refractivity contribution >= 4 is 11.6 Å². The van der Waals surface area contributed by atoms with Crippen molar-refractivity contribution in [3.05, 3.63) is 35.7 Å². The molecule has 0 aliphatic rings. The number of nitrogens with one attached hydrogen (secondary N) is 1. The Balaban J connectivity index is 2.07. The first-order valence-corrected chi connectivity index (χ1v) is 5.54. The van der Waals surface area contributed by atoms with Crippen molar-refractivity contribution in [3.8, 4) is 0 Å². The zero-order valence-corrected chi connectivity index (χ0v) is 10.3. The number of hydrogen-bond acceptors (Lipinski definition) is 4. The number of anilines is 1. The van der Waals surface area contributed by atoms with Crippen LogP contribution in [0, 0.1) is 0 Å². The Labute approximate surface area is 111 Å². The number of carbonyl (C=O) groups is 1. The fraction of sp³-hybridized carbons (Fsp3) is 0.273. The SMILES string of the molecule is Cn1nnnc1CC(=O)Nc1cccc(C(F)(F)F)c1. The summed E-state index contributed by atoms with van der Waals surface area (Å²) < 4.78 is 38.9. The van der Waals surface area contributed by atoms with Gasteiger partial charge in [-0.05, 0) is 28.6 Å². The molecule has 2 aromatic rings. The first-order valence-electron chi connectivity index (χ1n) is 5.54. The summed E-state index contributed by atoms with van der Waals surface area (Å²) in [4.78, 5) is 11.7. The van der Waals surface area contributed by atoms with Crippen LogP contribution in [0.15, 0.2) is 24.3 Å². The van der Waals surface area contributed by atoms with Crippen LogP contribution in [0.4, 0.5) is 18.9 Å². The second-order valence-electron chi connectivity index (χ2n) is 4.02. The van der Waals surface area contributed by atoms with Gasteiger partial charge in [-0.2, -0.15) is 13.2 Å². The highest BCUT2D eigenvalue weighted by molar-refractivity contribution is 5.91. The number of rotatable bonds is 3. The van der Waals surface area contributed by atoms with Gasteiger partial charge in [-0.1, -0.05) is 6.07 Å². The molecular weight excluding hydrogens is 275 g/mol. The van der Waals surface area contributed by atoms with Gasteiger partial charge in [-0.15, -0.1) is 5.10 Å². The summed E-state index contributed by atoms with van der Waals surface area (Å²) in [5.41, 5.74) is -0.754. The largest absolute Gasteiger partial charge is 0.416 e. The van der Waals surface area contributed by atoms with Gasteiger partial charge in [-0.3, -0.25) is 4.79 Å². The Bertz CT molecular complexity index is 623. The van der Waals surface area contributed by atoms with E-state index in [9.17, 15) is 18.0 Å². The summed E-state index contributed by atoms with van der Waals surface area (Å²) in [5, 5.41) is 12.9. The average Bonchev–Trinajstić information content (AvgIpc) is 2.74. The first-order chi connectivity index (χ1) is 9.36. The fourth-order valence-corrected chi connectivity index (χ4v) is 1.52. The second-order valence-corrected chi connectivity index (χ2v) is 4.02. The van der Waals surface area contributed by atoms with Gasteiger partial charge in [0, 0.05) is 12.7 Å². The van der Waals surface area contributed by atoms with Crippen LogP contribution in [0.5, 0.6) is 0 Å². The number of amides is 1. The number of aryl methyl sites for hydroxylation is 1. The minimum absolute atomic E-state index is 0.0694. The fourth-order valence-electron chi connectivity index (χ4n) is 1.52. The van der Waals surface area contributed by atoms with Crippen molar-refractivity contribution in [1.82, 2.24) is 20.2 Å². The maximum atomic E-state index is 12.5. The summed E-state index contributed by atoms with van der Waals surface area (Å²) in [7, 11) is 1.56. The van der Waals surface area contributed by atoms with Crippen LogP contribution < -0.4 is 5.32 Å². The lowest BCUT2D eigenvalue weighted by atomic mass is 10.2. The number of alkyl halides is 3. The third-order valence-electron chi connectivity index (χ3n) is 2.50. The van der Waals surface area contributed by atoms with Gasteiger partial charge in [0.15, 0.2) is 5.82 Å². The van der Waals surface area contributed by atoms with Crippen molar-refractivity contribution in [3.63, 3.8) is 0 Å². The summed E-state index contributed by atoms with van der Waals surface area (Å²) >= 11 is 0. The van der Waals surface area contributed by atoms with E-state index in [0.29, 0.717) is 5.82 Å². The molecule has 20 heavy (non-hydrogen) atoms. The molecule has 1 N–H and O–H groups in total. The van der Waals surface area contributed by atoms with Crippen molar-refractivity contribution in [2.45, 2.75) is 12.6 Å². The minimum atomic E-state index is -4.45. The Morgan fingerprint density at radius 3 is 2.75 bits per heavy atom. The summed E-state index contributed by atoms with van der Waals surface area (Å²) in [5.74, 6) is -0.184. The Morgan fingerprint density at radius 2 is 2.15 bits per heavy atom. The van der Waals surface area contributed by atoms with E-state index in [-0.39, 0.29) is 12.1 Å². The molecule has 0 spiro atoms. The summed E-state index contributed by atoms with van der Waals surface area (Å²) in [6, 6.07) is 4.40. The van der Waals surface area contributed by atoms with Crippen LogP contribution in [0.2, 0.25) is 0 Å². The highest BCUT2D eigenvalue weighted by atomic mass is 19.4.